The molecule has 1 aliphatic heterocycles. The maximum atomic E-state index is 12.3. The first kappa shape index (κ1) is 20.6. The summed E-state index contributed by atoms with van der Waals surface area (Å²) >= 11 is 7.81. The number of nitrogens with zero attached hydrogens (tertiary/aromatic N) is 1. The molecule has 2 atom stereocenters. The molecule has 1 aliphatic rings. The van der Waals surface area contributed by atoms with Crippen LogP contribution in [0.3, 0.4) is 0 Å². The van der Waals surface area contributed by atoms with E-state index >= 15 is 0 Å². The number of nitrogens with one attached hydrogen (secondary N) is 2. The SMILES string of the molecule is COc1cc([C@H]2S[C@@H](C)C(=O)Nc3n[nH]c(C)c32)ccc1OCc1ccccc1Cl. The largest absolute Gasteiger partial charge is 0.493 e. The Balaban J connectivity index is 1.64. The number of carbonyl (C=O) groups is 1. The van der Waals surface area contributed by atoms with Gasteiger partial charge in [0.05, 0.1) is 17.6 Å². The summed E-state index contributed by atoms with van der Waals surface area (Å²) in [6, 6.07) is 13.4. The van der Waals surface area contributed by atoms with Crippen LogP contribution in [0.15, 0.2) is 42.5 Å². The molecule has 1 aromatic heterocycles. The van der Waals surface area contributed by atoms with Gasteiger partial charge in [-0.15, -0.1) is 11.8 Å². The summed E-state index contributed by atoms with van der Waals surface area (Å²) in [4.78, 5) is 12.3. The van der Waals surface area contributed by atoms with Crippen molar-refractivity contribution >= 4 is 35.1 Å². The van der Waals surface area contributed by atoms with Crippen molar-refractivity contribution in [2.24, 2.45) is 0 Å². The minimum Gasteiger partial charge on any atom is -0.493 e. The topological polar surface area (TPSA) is 76.2 Å². The van der Waals surface area contributed by atoms with Gasteiger partial charge in [-0.25, -0.2) is 0 Å². The Morgan fingerprint density at radius 2 is 2.00 bits per heavy atom. The molecule has 30 heavy (non-hydrogen) atoms. The third kappa shape index (κ3) is 4.00. The number of hydrogen-bond donors (Lipinski definition) is 2. The van der Waals surface area contributed by atoms with Crippen LogP contribution in [-0.2, 0) is 11.4 Å². The summed E-state index contributed by atoms with van der Waals surface area (Å²) in [6.45, 7) is 4.20. The molecule has 0 saturated heterocycles. The van der Waals surface area contributed by atoms with E-state index < -0.39 is 0 Å². The zero-order valence-corrected chi connectivity index (χ0v) is 18.4. The normalized spacial score (nSPS) is 18.3. The van der Waals surface area contributed by atoms with E-state index in [9.17, 15) is 4.79 Å². The van der Waals surface area contributed by atoms with Crippen LogP contribution in [-0.4, -0.2) is 28.5 Å². The van der Waals surface area contributed by atoms with E-state index in [0.29, 0.717) is 28.9 Å². The molecule has 8 heteroatoms. The number of halogens is 1. The number of aromatic nitrogens is 2. The second-order valence-electron chi connectivity index (χ2n) is 7.05. The molecule has 0 radical (unpaired) electrons. The lowest BCUT2D eigenvalue weighted by Crippen LogP contribution is -2.21. The number of aromatic amines is 1. The number of anilines is 1. The smallest absolute Gasteiger partial charge is 0.238 e. The molecular formula is C22H22ClN3O3S. The number of amides is 1. The summed E-state index contributed by atoms with van der Waals surface area (Å²) in [5, 5.41) is 10.5. The third-order valence-corrected chi connectivity index (χ3v) is 6.81. The molecule has 0 aliphatic carbocycles. The highest BCUT2D eigenvalue weighted by molar-refractivity contribution is 8.01. The highest BCUT2D eigenvalue weighted by Crippen LogP contribution is 2.46. The van der Waals surface area contributed by atoms with Crippen molar-refractivity contribution in [1.29, 1.82) is 0 Å². The number of fused-ring (bicyclic) bond motifs is 1. The lowest BCUT2D eigenvalue weighted by atomic mass is 10.0. The number of rotatable bonds is 5. The molecule has 0 spiro atoms. The van der Waals surface area contributed by atoms with E-state index in [2.05, 4.69) is 15.5 Å². The molecule has 0 unspecified atom stereocenters. The molecule has 1 amide bonds. The number of aryl methyl sites for hydroxylation is 1. The van der Waals surface area contributed by atoms with Gasteiger partial charge < -0.3 is 14.8 Å². The lowest BCUT2D eigenvalue weighted by molar-refractivity contribution is -0.115. The van der Waals surface area contributed by atoms with Gasteiger partial charge in [0, 0.05) is 21.8 Å². The summed E-state index contributed by atoms with van der Waals surface area (Å²) in [5.41, 5.74) is 3.82. The first-order chi connectivity index (χ1) is 14.5. The van der Waals surface area contributed by atoms with Gasteiger partial charge in [-0.3, -0.25) is 9.89 Å². The average molecular weight is 444 g/mol. The molecule has 0 bridgehead atoms. The second-order valence-corrected chi connectivity index (χ2v) is 8.91. The maximum Gasteiger partial charge on any atom is 0.238 e. The number of ether oxygens (including phenoxy) is 2. The van der Waals surface area contributed by atoms with Crippen LogP contribution < -0.4 is 14.8 Å². The van der Waals surface area contributed by atoms with E-state index in [0.717, 1.165) is 22.4 Å². The Labute approximate surface area is 184 Å². The van der Waals surface area contributed by atoms with Crippen LogP contribution in [0, 0.1) is 6.92 Å². The molecule has 3 aromatic rings. The van der Waals surface area contributed by atoms with Crippen molar-refractivity contribution < 1.29 is 14.3 Å². The quantitative estimate of drug-likeness (QED) is 0.572. The zero-order chi connectivity index (χ0) is 21.3. The molecule has 6 nitrogen and oxygen atoms in total. The standard InChI is InChI=1S/C22H22ClN3O3S/c1-12-19-20(30-13(2)22(27)24-21(19)26-25-12)14-8-9-17(18(10-14)28-3)29-11-15-6-4-5-7-16(15)23/h4-10,13,20H,11H2,1-3H3,(H2,24,25,26,27)/t13-,20+/m0/s1. The molecule has 156 valence electrons. The number of carbonyl (C=O) groups excluding carboxylic acids is 1. The van der Waals surface area contributed by atoms with E-state index in [1.165, 1.54) is 0 Å². The minimum absolute atomic E-state index is 0.0538. The van der Waals surface area contributed by atoms with Crippen molar-refractivity contribution in [3.05, 3.63) is 69.9 Å². The van der Waals surface area contributed by atoms with Crippen molar-refractivity contribution in [3.63, 3.8) is 0 Å². The fourth-order valence-electron chi connectivity index (χ4n) is 3.39. The van der Waals surface area contributed by atoms with Crippen LogP contribution in [0.2, 0.25) is 5.02 Å². The minimum atomic E-state index is -0.217. The van der Waals surface area contributed by atoms with Gasteiger partial charge in [0.1, 0.15) is 6.61 Å². The molecule has 2 aromatic carbocycles. The van der Waals surface area contributed by atoms with Gasteiger partial charge in [0.25, 0.3) is 0 Å². The van der Waals surface area contributed by atoms with Gasteiger partial charge in [-0.05, 0) is 37.6 Å². The summed E-state index contributed by atoms with van der Waals surface area (Å²) in [5.74, 6) is 1.78. The first-order valence-corrected chi connectivity index (χ1v) is 10.8. The highest BCUT2D eigenvalue weighted by Gasteiger charge is 2.32. The van der Waals surface area contributed by atoms with Gasteiger partial charge in [-0.1, -0.05) is 35.9 Å². The Morgan fingerprint density at radius 1 is 1.20 bits per heavy atom. The van der Waals surface area contributed by atoms with Gasteiger partial charge in [0.15, 0.2) is 17.3 Å². The fourth-order valence-corrected chi connectivity index (χ4v) is 4.90. The number of H-pyrrole nitrogens is 1. The summed E-state index contributed by atoms with van der Waals surface area (Å²) in [7, 11) is 1.62. The number of hydrogen-bond acceptors (Lipinski definition) is 5. The lowest BCUT2D eigenvalue weighted by Gasteiger charge is -2.19. The number of methoxy groups -OCH3 is 1. The van der Waals surface area contributed by atoms with Crippen molar-refractivity contribution in [1.82, 2.24) is 10.2 Å². The summed E-state index contributed by atoms with van der Waals surface area (Å²) in [6.07, 6.45) is 0. The van der Waals surface area contributed by atoms with Crippen LogP contribution >= 0.6 is 23.4 Å². The third-order valence-electron chi connectivity index (χ3n) is 5.04. The molecule has 2 heterocycles. The Kier molecular flexibility index (Phi) is 5.92. The van der Waals surface area contributed by atoms with Crippen LogP contribution in [0.25, 0.3) is 0 Å². The monoisotopic (exact) mass is 443 g/mol. The van der Waals surface area contributed by atoms with Gasteiger partial charge in [-0.2, -0.15) is 5.10 Å². The van der Waals surface area contributed by atoms with Gasteiger partial charge in [0.2, 0.25) is 5.91 Å². The number of thioether (sulfide) groups is 1. The van der Waals surface area contributed by atoms with E-state index in [1.54, 1.807) is 18.9 Å². The van der Waals surface area contributed by atoms with Crippen molar-refractivity contribution in [3.8, 4) is 11.5 Å². The molecule has 0 saturated carbocycles. The van der Waals surface area contributed by atoms with Crippen LogP contribution in [0.1, 0.15) is 34.6 Å². The molecule has 2 N–H and O–H groups in total. The predicted molar refractivity (Wildman–Crippen MR) is 120 cm³/mol. The summed E-state index contributed by atoms with van der Waals surface area (Å²) < 4.78 is 11.6. The second kappa shape index (κ2) is 8.62. The van der Waals surface area contributed by atoms with Gasteiger partial charge >= 0.3 is 0 Å². The molecular weight excluding hydrogens is 422 g/mol. The molecule has 4 rings (SSSR count). The first-order valence-electron chi connectivity index (χ1n) is 9.53. The Hall–Kier alpha value is -2.64. The van der Waals surface area contributed by atoms with Crippen LogP contribution in [0.4, 0.5) is 5.82 Å². The number of benzene rings is 2. The van der Waals surface area contributed by atoms with E-state index in [1.807, 2.05) is 56.3 Å². The predicted octanol–water partition coefficient (Wildman–Crippen LogP) is 5.12. The average Bonchev–Trinajstić information content (AvgIpc) is 3.04. The molecule has 0 fully saturated rings. The maximum absolute atomic E-state index is 12.3. The van der Waals surface area contributed by atoms with Crippen molar-refractivity contribution in [2.75, 3.05) is 12.4 Å². The highest BCUT2D eigenvalue weighted by atomic mass is 35.5. The Morgan fingerprint density at radius 3 is 2.77 bits per heavy atom. The van der Waals surface area contributed by atoms with Crippen molar-refractivity contribution in [2.45, 2.75) is 31.0 Å². The fraction of sp³-hybridized carbons (Fsp3) is 0.273. The Bertz CT molecular complexity index is 1090. The zero-order valence-electron chi connectivity index (χ0n) is 16.9. The van der Waals surface area contributed by atoms with Crippen LogP contribution in [0.5, 0.6) is 11.5 Å². The van der Waals surface area contributed by atoms with E-state index in [4.69, 9.17) is 21.1 Å². The van der Waals surface area contributed by atoms with E-state index in [-0.39, 0.29) is 16.4 Å².